The fraction of sp³-hybridized carbons (Fsp3) is 0.562. The molecule has 0 bridgehead atoms. The second-order valence-electron chi connectivity index (χ2n) is 5.60. The van der Waals surface area contributed by atoms with E-state index in [9.17, 15) is 18.7 Å². The van der Waals surface area contributed by atoms with Crippen LogP contribution in [0.15, 0.2) is 24.3 Å². The van der Waals surface area contributed by atoms with Crippen molar-refractivity contribution in [2.45, 2.75) is 44.1 Å². The summed E-state index contributed by atoms with van der Waals surface area (Å²) in [5, 5.41) is 11.8. The van der Waals surface area contributed by atoms with Crippen LogP contribution in [-0.4, -0.2) is 29.8 Å². The van der Waals surface area contributed by atoms with Gasteiger partial charge in [-0.05, 0) is 31.9 Å². The standard InChI is InChI=1S/C16H21F2NO3/c1-2-22-13-8-4-3-7-12(13)16(17,18)14(21)19-15(11-20)9-5-6-10-15/h3-4,7-8,20H,2,5-6,9-11H2,1H3,(H,19,21). The molecule has 1 aromatic rings. The summed E-state index contributed by atoms with van der Waals surface area (Å²) < 4.78 is 34.2. The van der Waals surface area contributed by atoms with Gasteiger partial charge in [0, 0.05) is 0 Å². The van der Waals surface area contributed by atoms with Crippen LogP contribution >= 0.6 is 0 Å². The van der Waals surface area contributed by atoms with Crippen molar-refractivity contribution < 1.29 is 23.4 Å². The van der Waals surface area contributed by atoms with Gasteiger partial charge in [0.2, 0.25) is 0 Å². The van der Waals surface area contributed by atoms with Crippen molar-refractivity contribution >= 4 is 5.91 Å². The van der Waals surface area contributed by atoms with E-state index in [-0.39, 0.29) is 19.0 Å². The van der Waals surface area contributed by atoms with Gasteiger partial charge in [-0.25, -0.2) is 0 Å². The molecule has 4 nitrogen and oxygen atoms in total. The number of benzene rings is 1. The van der Waals surface area contributed by atoms with Gasteiger partial charge in [-0.2, -0.15) is 8.78 Å². The van der Waals surface area contributed by atoms with Crippen LogP contribution in [-0.2, 0) is 10.7 Å². The summed E-state index contributed by atoms with van der Waals surface area (Å²) in [4.78, 5) is 12.1. The van der Waals surface area contributed by atoms with Crippen molar-refractivity contribution in [1.29, 1.82) is 0 Å². The highest BCUT2D eigenvalue weighted by atomic mass is 19.3. The number of nitrogens with one attached hydrogen (secondary N) is 1. The Labute approximate surface area is 128 Å². The van der Waals surface area contributed by atoms with Crippen LogP contribution in [0.1, 0.15) is 38.2 Å². The largest absolute Gasteiger partial charge is 0.493 e. The predicted octanol–water partition coefficient (Wildman–Crippen LogP) is 2.60. The molecule has 0 heterocycles. The van der Waals surface area contributed by atoms with Gasteiger partial charge in [0.25, 0.3) is 5.91 Å². The van der Waals surface area contributed by atoms with Gasteiger partial charge in [0.05, 0.1) is 24.3 Å². The van der Waals surface area contributed by atoms with Gasteiger partial charge >= 0.3 is 5.92 Å². The minimum atomic E-state index is -3.71. The van der Waals surface area contributed by atoms with E-state index in [0.29, 0.717) is 12.8 Å². The van der Waals surface area contributed by atoms with Crippen LogP contribution in [0.4, 0.5) is 8.78 Å². The number of aliphatic hydroxyl groups excluding tert-OH is 1. The van der Waals surface area contributed by atoms with E-state index in [1.165, 1.54) is 18.2 Å². The Hall–Kier alpha value is -1.69. The van der Waals surface area contributed by atoms with Gasteiger partial charge in [-0.3, -0.25) is 4.79 Å². The SMILES string of the molecule is CCOc1ccccc1C(F)(F)C(=O)NC1(CO)CCCC1. The molecule has 6 heteroatoms. The van der Waals surface area contributed by atoms with E-state index in [0.717, 1.165) is 12.8 Å². The molecule has 2 rings (SSSR count). The lowest BCUT2D eigenvalue weighted by Crippen LogP contribution is -2.53. The fourth-order valence-corrected chi connectivity index (χ4v) is 2.82. The lowest BCUT2D eigenvalue weighted by atomic mass is 9.97. The molecule has 0 unspecified atom stereocenters. The molecule has 1 aromatic carbocycles. The molecule has 1 fully saturated rings. The molecule has 1 aliphatic rings. The van der Waals surface area contributed by atoms with Gasteiger partial charge in [-0.1, -0.05) is 25.0 Å². The number of rotatable bonds is 6. The molecule has 0 saturated heterocycles. The third-order valence-electron chi connectivity index (χ3n) is 4.05. The first-order chi connectivity index (χ1) is 10.4. The van der Waals surface area contributed by atoms with E-state index in [1.807, 2.05) is 0 Å². The third kappa shape index (κ3) is 3.21. The second-order valence-corrected chi connectivity index (χ2v) is 5.60. The van der Waals surface area contributed by atoms with E-state index in [1.54, 1.807) is 13.0 Å². The zero-order chi connectivity index (χ0) is 16.2. The first-order valence-corrected chi connectivity index (χ1v) is 7.49. The van der Waals surface area contributed by atoms with Gasteiger partial charge < -0.3 is 15.2 Å². The number of carbonyl (C=O) groups is 1. The van der Waals surface area contributed by atoms with E-state index in [4.69, 9.17) is 4.74 Å². The Kier molecular flexibility index (Phi) is 5.01. The summed E-state index contributed by atoms with van der Waals surface area (Å²) in [6.45, 7) is 1.59. The minimum absolute atomic E-state index is 0.00498. The Bertz CT molecular complexity index is 528. The molecule has 0 aromatic heterocycles. The molecule has 2 N–H and O–H groups in total. The summed E-state index contributed by atoms with van der Waals surface area (Å²) >= 11 is 0. The Morgan fingerprint density at radius 1 is 1.36 bits per heavy atom. The summed E-state index contributed by atoms with van der Waals surface area (Å²) in [5.41, 5.74) is -1.39. The number of alkyl halides is 2. The van der Waals surface area contributed by atoms with Crippen molar-refractivity contribution in [1.82, 2.24) is 5.32 Å². The monoisotopic (exact) mass is 313 g/mol. The highest BCUT2D eigenvalue weighted by Gasteiger charge is 2.47. The average molecular weight is 313 g/mol. The predicted molar refractivity (Wildman–Crippen MR) is 77.9 cm³/mol. The number of hydrogen-bond donors (Lipinski definition) is 2. The van der Waals surface area contributed by atoms with E-state index < -0.39 is 22.9 Å². The number of para-hydroxylation sites is 1. The Morgan fingerprint density at radius 2 is 2.00 bits per heavy atom. The highest BCUT2D eigenvalue weighted by molar-refractivity contribution is 5.86. The number of aliphatic hydroxyl groups is 1. The zero-order valence-corrected chi connectivity index (χ0v) is 12.6. The van der Waals surface area contributed by atoms with Gasteiger partial charge in [-0.15, -0.1) is 0 Å². The van der Waals surface area contributed by atoms with Crippen molar-refractivity contribution in [3.63, 3.8) is 0 Å². The lowest BCUT2D eigenvalue weighted by Gasteiger charge is -2.30. The van der Waals surface area contributed by atoms with Gasteiger partial charge in [0.1, 0.15) is 5.75 Å². The van der Waals surface area contributed by atoms with Gasteiger partial charge in [0.15, 0.2) is 0 Å². The Balaban J connectivity index is 2.24. The maximum atomic E-state index is 14.5. The molecule has 22 heavy (non-hydrogen) atoms. The average Bonchev–Trinajstić information content (AvgIpc) is 2.97. The molecule has 1 saturated carbocycles. The van der Waals surface area contributed by atoms with Crippen molar-refractivity contribution in [3.8, 4) is 5.75 Å². The second kappa shape index (κ2) is 6.60. The van der Waals surface area contributed by atoms with Crippen molar-refractivity contribution in [2.24, 2.45) is 0 Å². The quantitative estimate of drug-likeness (QED) is 0.849. The third-order valence-corrected chi connectivity index (χ3v) is 4.05. The zero-order valence-electron chi connectivity index (χ0n) is 12.6. The first kappa shape index (κ1) is 16.7. The van der Waals surface area contributed by atoms with E-state index in [2.05, 4.69) is 5.32 Å². The summed E-state index contributed by atoms with van der Waals surface area (Å²) in [6, 6.07) is 5.62. The molecule has 0 radical (unpaired) electrons. The topological polar surface area (TPSA) is 58.6 Å². The normalized spacial score (nSPS) is 17.3. The number of carbonyl (C=O) groups excluding carboxylic acids is 1. The molecule has 0 atom stereocenters. The Morgan fingerprint density at radius 3 is 2.59 bits per heavy atom. The van der Waals surface area contributed by atoms with Crippen molar-refractivity contribution in [3.05, 3.63) is 29.8 Å². The lowest BCUT2D eigenvalue weighted by molar-refractivity contribution is -0.150. The molecule has 122 valence electrons. The van der Waals surface area contributed by atoms with Crippen LogP contribution in [0.25, 0.3) is 0 Å². The molecule has 0 aliphatic heterocycles. The molecular weight excluding hydrogens is 292 g/mol. The van der Waals surface area contributed by atoms with Crippen molar-refractivity contribution in [2.75, 3.05) is 13.2 Å². The fourth-order valence-electron chi connectivity index (χ4n) is 2.82. The molecule has 1 amide bonds. The molecule has 0 spiro atoms. The summed E-state index contributed by atoms with van der Waals surface area (Å²) in [5.74, 6) is -5.11. The molecule has 1 aliphatic carbocycles. The van der Waals surface area contributed by atoms with Crippen LogP contribution < -0.4 is 10.1 Å². The number of hydrogen-bond acceptors (Lipinski definition) is 3. The number of amides is 1. The molecular formula is C16H21F2NO3. The van der Waals surface area contributed by atoms with Crippen LogP contribution in [0.3, 0.4) is 0 Å². The van der Waals surface area contributed by atoms with Crippen LogP contribution in [0, 0.1) is 0 Å². The van der Waals surface area contributed by atoms with E-state index >= 15 is 0 Å². The maximum Gasteiger partial charge on any atom is 0.353 e. The summed E-state index contributed by atoms with van der Waals surface area (Å²) in [6.07, 6.45) is 2.64. The van der Waals surface area contributed by atoms with Crippen LogP contribution in [0.5, 0.6) is 5.75 Å². The smallest absolute Gasteiger partial charge is 0.353 e. The number of halogens is 2. The van der Waals surface area contributed by atoms with Crippen LogP contribution in [0.2, 0.25) is 0 Å². The maximum absolute atomic E-state index is 14.5. The highest BCUT2D eigenvalue weighted by Crippen LogP contribution is 2.37. The summed E-state index contributed by atoms with van der Waals surface area (Å²) in [7, 11) is 0. The first-order valence-electron chi connectivity index (χ1n) is 7.49. The minimum Gasteiger partial charge on any atom is -0.493 e. The number of ether oxygens (including phenoxy) is 1.